The van der Waals surface area contributed by atoms with Crippen molar-refractivity contribution in [1.29, 1.82) is 0 Å². The number of hydrogen-bond donors (Lipinski definition) is 0. The fourth-order valence-electron chi connectivity index (χ4n) is 3.75. The van der Waals surface area contributed by atoms with Gasteiger partial charge in [-0.3, -0.25) is 9.00 Å². The SMILES string of the molecule is Cc1cccc(N(C(=O)[C@H]2CS(=O)CN2c2cc(C)cc(C)n2)C2CC2)c1. The van der Waals surface area contributed by atoms with E-state index in [0.717, 1.165) is 41.2 Å². The molecule has 4 rings (SSSR count). The second-order valence-corrected chi connectivity index (χ2v) is 9.11. The van der Waals surface area contributed by atoms with Crippen molar-refractivity contribution in [1.82, 2.24) is 4.98 Å². The van der Waals surface area contributed by atoms with Gasteiger partial charge in [-0.15, -0.1) is 0 Å². The summed E-state index contributed by atoms with van der Waals surface area (Å²) in [6.07, 6.45) is 2.05. The number of anilines is 2. The van der Waals surface area contributed by atoms with Gasteiger partial charge in [0.05, 0.1) is 11.6 Å². The van der Waals surface area contributed by atoms with Crippen LogP contribution in [-0.4, -0.2) is 38.8 Å². The van der Waals surface area contributed by atoms with Crippen LogP contribution in [0.5, 0.6) is 0 Å². The molecule has 6 heteroatoms. The molecule has 1 aromatic heterocycles. The predicted octanol–water partition coefficient (Wildman–Crippen LogP) is 3.10. The Kier molecular flexibility index (Phi) is 4.76. The van der Waals surface area contributed by atoms with Crippen LogP contribution >= 0.6 is 0 Å². The number of nitrogens with zero attached hydrogens (tertiary/aromatic N) is 3. The molecule has 1 saturated carbocycles. The van der Waals surface area contributed by atoms with Crippen LogP contribution in [0, 0.1) is 20.8 Å². The number of carbonyl (C=O) groups is 1. The normalized spacial score (nSPS) is 22.1. The van der Waals surface area contributed by atoms with E-state index >= 15 is 0 Å². The number of carbonyl (C=O) groups excluding carboxylic acids is 1. The fraction of sp³-hybridized carbons (Fsp3) is 0.429. The quantitative estimate of drug-likeness (QED) is 0.814. The summed E-state index contributed by atoms with van der Waals surface area (Å²) < 4.78 is 12.4. The predicted molar refractivity (Wildman–Crippen MR) is 110 cm³/mol. The third kappa shape index (κ3) is 3.76. The Morgan fingerprint density at radius 1 is 1.15 bits per heavy atom. The molecule has 5 nitrogen and oxygen atoms in total. The third-order valence-corrected chi connectivity index (χ3v) is 6.35. The highest BCUT2D eigenvalue weighted by Crippen LogP contribution is 2.34. The third-order valence-electron chi connectivity index (χ3n) is 5.10. The Labute approximate surface area is 162 Å². The van der Waals surface area contributed by atoms with E-state index in [4.69, 9.17) is 0 Å². The summed E-state index contributed by atoms with van der Waals surface area (Å²) >= 11 is 0. The number of aryl methyl sites for hydroxylation is 3. The minimum Gasteiger partial charge on any atom is -0.332 e. The van der Waals surface area contributed by atoms with Gasteiger partial charge in [0, 0.05) is 28.2 Å². The Bertz CT molecular complexity index is 890. The molecular formula is C21H25N3O2S. The highest BCUT2D eigenvalue weighted by molar-refractivity contribution is 7.85. The maximum absolute atomic E-state index is 13.6. The van der Waals surface area contributed by atoms with E-state index in [0.29, 0.717) is 11.6 Å². The lowest BCUT2D eigenvalue weighted by Gasteiger charge is -2.30. The van der Waals surface area contributed by atoms with Crippen molar-refractivity contribution in [3.63, 3.8) is 0 Å². The number of benzene rings is 1. The van der Waals surface area contributed by atoms with Gasteiger partial charge >= 0.3 is 0 Å². The molecule has 2 aromatic rings. The van der Waals surface area contributed by atoms with Gasteiger partial charge in [0.1, 0.15) is 11.9 Å². The van der Waals surface area contributed by atoms with Gasteiger partial charge in [0.15, 0.2) is 0 Å². The molecule has 1 saturated heterocycles. The fourth-order valence-corrected chi connectivity index (χ4v) is 5.15. The first-order chi connectivity index (χ1) is 12.9. The molecule has 2 aliphatic rings. The van der Waals surface area contributed by atoms with Crippen molar-refractivity contribution in [2.45, 2.75) is 45.7 Å². The summed E-state index contributed by atoms with van der Waals surface area (Å²) in [4.78, 5) is 22.0. The Balaban J connectivity index is 1.68. The summed E-state index contributed by atoms with van der Waals surface area (Å²) in [6, 6.07) is 11.9. The van der Waals surface area contributed by atoms with Crippen LogP contribution in [0.3, 0.4) is 0 Å². The molecule has 0 radical (unpaired) electrons. The van der Waals surface area contributed by atoms with Crippen molar-refractivity contribution in [2.24, 2.45) is 0 Å². The monoisotopic (exact) mass is 383 g/mol. The zero-order valence-electron chi connectivity index (χ0n) is 16.0. The van der Waals surface area contributed by atoms with E-state index in [-0.39, 0.29) is 11.9 Å². The zero-order chi connectivity index (χ0) is 19.1. The average molecular weight is 384 g/mol. The minimum atomic E-state index is -1.05. The summed E-state index contributed by atoms with van der Waals surface area (Å²) in [5.41, 5.74) is 4.08. The van der Waals surface area contributed by atoms with E-state index in [1.807, 2.05) is 60.9 Å². The number of rotatable bonds is 4. The van der Waals surface area contributed by atoms with Gasteiger partial charge in [-0.05, 0) is 69.0 Å². The standard InChI is InChI=1S/C21H25N3O2S/c1-14-5-4-6-18(10-14)24(17-7-8-17)21(25)19-12-27(26)13-23(19)20-11-15(2)9-16(3)22-20/h4-6,9-11,17,19H,7-8,12-13H2,1-3H3/t19-,27?/m1/s1. The second kappa shape index (κ2) is 7.08. The maximum atomic E-state index is 13.6. The largest absolute Gasteiger partial charge is 0.332 e. The number of pyridine rings is 1. The van der Waals surface area contributed by atoms with E-state index in [1.165, 1.54) is 0 Å². The highest BCUT2D eigenvalue weighted by atomic mass is 32.2. The first-order valence-electron chi connectivity index (χ1n) is 9.39. The molecular weight excluding hydrogens is 358 g/mol. The van der Waals surface area contributed by atoms with Crippen molar-refractivity contribution < 1.29 is 9.00 Å². The van der Waals surface area contributed by atoms with Crippen LogP contribution in [0.2, 0.25) is 0 Å². The van der Waals surface area contributed by atoms with Crippen LogP contribution in [0.4, 0.5) is 11.5 Å². The molecule has 2 fully saturated rings. The Hall–Kier alpha value is -2.21. The van der Waals surface area contributed by atoms with E-state index in [9.17, 15) is 9.00 Å². The minimum absolute atomic E-state index is 0.0370. The van der Waals surface area contributed by atoms with Crippen molar-refractivity contribution in [3.8, 4) is 0 Å². The molecule has 0 bridgehead atoms. The molecule has 1 unspecified atom stereocenters. The summed E-state index contributed by atoms with van der Waals surface area (Å²) in [7, 11) is -1.05. The van der Waals surface area contributed by atoms with Crippen LogP contribution < -0.4 is 9.80 Å². The van der Waals surface area contributed by atoms with Crippen molar-refractivity contribution in [3.05, 3.63) is 53.2 Å². The molecule has 1 aromatic carbocycles. The van der Waals surface area contributed by atoms with E-state index in [1.54, 1.807) is 0 Å². The molecule has 142 valence electrons. The van der Waals surface area contributed by atoms with Gasteiger partial charge in [-0.1, -0.05) is 12.1 Å². The van der Waals surface area contributed by atoms with Crippen LogP contribution in [0.1, 0.15) is 29.7 Å². The smallest absolute Gasteiger partial charge is 0.250 e. The molecule has 1 aliphatic heterocycles. The lowest BCUT2D eigenvalue weighted by molar-refractivity contribution is -0.119. The zero-order valence-corrected chi connectivity index (χ0v) is 16.8. The maximum Gasteiger partial charge on any atom is 0.250 e. The van der Waals surface area contributed by atoms with Gasteiger partial charge in [0.25, 0.3) is 5.91 Å². The molecule has 1 amide bonds. The van der Waals surface area contributed by atoms with Crippen LogP contribution in [0.25, 0.3) is 0 Å². The van der Waals surface area contributed by atoms with Crippen LogP contribution in [0.15, 0.2) is 36.4 Å². The lowest BCUT2D eigenvalue weighted by atomic mass is 10.1. The summed E-state index contributed by atoms with van der Waals surface area (Å²) in [6.45, 7) is 6.00. The lowest BCUT2D eigenvalue weighted by Crippen LogP contribution is -2.48. The molecule has 1 aliphatic carbocycles. The molecule has 0 N–H and O–H groups in total. The topological polar surface area (TPSA) is 53.5 Å². The Morgan fingerprint density at radius 2 is 1.93 bits per heavy atom. The number of aromatic nitrogens is 1. The Morgan fingerprint density at radius 3 is 2.59 bits per heavy atom. The molecule has 0 spiro atoms. The van der Waals surface area contributed by atoms with E-state index < -0.39 is 16.8 Å². The van der Waals surface area contributed by atoms with Gasteiger partial charge in [-0.2, -0.15) is 0 Å². The molecule has 27 heavy (non-hydrogen) atoms. The number of amides is 1. The van der Waals surface area contributed by atoms with Crippen LogP contribution in [-0.2, 0) is 15.6 Å². The van der Waals surface area contributed by atoms with Crippen molar-refractivity contribution >= 4 is 28.2 Å². The van der Waals surface area contributed by atoms with Crippen molar-refractivity contribution in [2.75, 3.05) is 21.4 Å². The highest BCUT2D eigenvalue weighted by Gasteiger charge is 2.43. The molecule has 2 atom stereocenters. The van der Waals surface area contributed by atoms with Gasteiger partial charge < -0.3 is 9.80 Å². The van der Waals surface area contributed by atoms with Gasteiger partial charge in [0.2, 0.25) is 0 Å². The number of hydrogen-bond acceptors (Lipinski definition) is 4. The molecule has 2 heterocycles. The first kappa shape index (κ1) is 18.2. The van der Waals surface area contributed by atoms with Gasteiger partial charge in [-0.25, -0.2) is 4.98 Å². The second-order valence-electron chi connectivity index (χ2n) is 7.64. The first-order valence-corrected chi connectivity index (χ1v) is 10.9. The van der Waals surface area contributed by atoms with E-state index in [2.05, 4.69) is 11.1 Å². The summed E-state index contributed by atoms with van der Waals surface area (Å²) in [5.74, 6) is 1.51. The summed E-state index contributed by atoms with van der Waals surface area (Å²) in [5, 5.41) is 0. The average Bonchev–Trinajstić information content (AvgIpc) is 3.34.